The third kappa shape index (κ3) is 1.65. The van der Waals surface area contributed by atoms with Gasteiger partial charge >= 0.3 is 5.97 Å². The second-order valence-corrected chi connectivity index (χ2v) is 3.22. The summed E-state index contributed by atoms with van der Waals surface area (Å²) in [7, 11) is 1.65. The van der Waals surface area contributed by atoms with E-state index in [9.17, 15) is 9.18 Å². The molecule has 2 rings (SSSR count). The molecule has 0 aliphatic heterocycles. The largest absolute Gasteiger partial charge is 0.478 e. The van der Waals surface area contributed by atoms with Crippen LogP contribution in [0.3, 0.4) is 0 Å². The van der Waals surface area contributed by atoms with Crippen molar-refractivity contribution in [1.82, 2.24) is 15.0 Å². The Kier molecular flexibility index (Phi) is 2.40. The van der Waals surface area contributed by atoms with Crippen LogP contribution in [0.5, 0.6) is 0 Å². The molecule has 1 N–H and O–H groups in total. The van der Waals surface area contributed by atoms with Crippen LogP contribution < -0.4 is 0 Å². The zero-order chi connectivity index (χ0) is 11.7. The van der Waals surface area contributed by atoms with Gasteiger partial charge in [0.25, 0.3) is 0 Å². The van der Waals surface area contributed by atoms with E-state index in [0.29, 0.717) is 5.52 Å². The minimum absolute atomic E-state index is 0.134. The third-order valence-corrected chi connectivity index (χ3v) is 2.16. The summed E-state index contributed by atoms with van der Waals surface area (Å²) in [5.41, 5.74) is 0.871. The smallest absolute Gasteiger partial charge is 0.328 e. The van der Waals surface area contributed by atoms with Crippen molar-refractivity contribution < 1.29 is 14.3 Å². The molecular formula is C10H8FN3O2. The van der Waals surface area contributed by atoms with Crippen LogP contribution in [-0.2, 0) is 11.8 Å². The molecule has 2 aromatic rings. The lowest BCUT2D eigenvalue weighted by molar-refractivity contribution is -0.131. The van der Waals surface area contributed by atoms with Crippen molar-refractivity contribution in [3.8, 4) is 0 Å². The molecular weight excluding hydrogens is 213 g/mol. The van der Waals surface area contributed by atoms with Crippen molar-refractivity contribution in [2.45, 2.75) is 0 Å². The second-order valence-electron chi connectivity index (χ2n) is 3.22. The van der Waals surface area contributed by atoms with Crippen LogP contribution in [0.25, 0.3) is 17.1 Å². The first-order chi connectivity index (χ1) is 7.59. The Balaban J connectivity index is 2.57. The van der Waals surface area contributed by atoms with E-state index in [1.54, 1.807) is 13.1 Å². The fourth-order valence-corrected chi connectivity index (χ4v) is 1.38. The molecule has 0 amide bonds. The molecule has 0 aliphatic carbocycles. The molecule has 0 unspecified atom stereocenters. The van der Waals surface area contributed by atoms with Gasteiger partial charge in [-0.2, -0.15) is 0 Å². The van der Waals surface area contributed by atoms with Crippen LogP contribution in [0.4, 0.5) is 4.39 Å². The number of carboxylic acids is 1. The number of fused-ring (bicyclic) bond motifs is 1. The van der Waals surface area contributed by atoms with Crippen molar-refractivity contribution in [2.75, 3.05) is 0 Å². The van der Waals surface area contributed by atoms with E-state index < -0.39 is 11.8 Å². The van der Waals surface area contributed by atoms with Gasteiger partial charge in [0, 0.05) is 18.7 Å². The van der Waals surface area contributed by atoms with Gasteiger partial charge in [-0.3, -0.25) is 0 Å². The highest BCUT2D eigenvalue weighted by atomic mass is 19.1. The van der Waals surface area contributed by atoms with E-state index in [4.69, 9.17) is 5.11 Å². The number of aliphatic carboxylic acids is 1. The molecule has 1 aromatic carbocycles. The van der Waals surface area contributed by atoms with Gasteiger partial charge in [0.05, 0.1) is 5.52 Å². The molecule has 0 atom stereocenters. The third-order valence-electron chi connectivity index (χ3n) is 2.16. The first-order valence-corrected chi connectivity index (χ1v) is 4.48. The average Bonchev–Trinajstić information content (AvgIpc) is 2.60. The molecule has 0 radical (unpaired) electrons. The first-order valence-electron chi connectivity index (χ1n) is 4.48. The topological polar surface area (TPSA) is 68.0 Å². The Bertz CT molecular complexity index is 589. The Labute approximate surface area is 89.8 Å². The Morgan fingerprint density at radius 3 is 3.00 bits per heavy atom. The van der Waals surface area contributed by atoms with E-state index in [-0.39, 0.29) is 11.1 Å². The molecule has 6 heteroatoms. The fourth-order valence-electron chi connectivity index (χ4n) is 1.38. The van der Waals surface area contributed by atoms with Gasteiger partial charge in [0.2, 0.25) is 0 Å². The maximum atomic E-state index is 13.8. The van der Waals surface area contributed by atoms with Crippen LogP contribution in [0.2, 0.25) is 0 Å². The molecule has 5 nitrogen and oxygen atoms in total. The van der Waals surface area contributed by atoms with Crippen molar-refractivity contribution >= 4 is 23.1 Å². The molecule has 0 saturated heterocycles. The SMILES string of the molecule is Cn1nnc2c(F)c(/C=C/C(=O)O)ccc21. The summed E-state index contributed by atoms with van der Waals surface area (Å²) in [4.78, 5) is 10.3. The van der Waals surface area contributed by atoms with Crippen molar-refractivity contribution in [3.63, 3.8) is 0 Å². The quantitative estimate of drug-likeness (QED) is 0.774. The maximum absolute atomic E-state index is 13.8. The molecule has 16 heavy (non-hydrogen) atoms. The summed E-state index contributed by atoms with van der Waals surface area (Å²) in [6.07, 6.45) is 2.06. The number of carbonyl (C=O) groups is 1. The van der Waals surface area contributed by atoms with Gasteiger partial charge in [-0.15, -0.1) is 5.10 Å². The van der Waals surface area contributed by atoms with Crippen molar-refractivity contribution in [1.29, 1.82) is 0 Å². The van der Waals surface area contributed by atoms with Gasteiger partial charge in [-0.05, 0) is 18.2 Å². The minimum atomic E-state index is -1.13. The Morgan fingerprint density at radius 1 is 1.56 bits per heavy atom. The van der Waals surface area contributed by atoms with Gasteiger partial charge in [0.1, 0.15) is 5.52 Å². The number of aromatic nitrogens is 3. The Hall–Kier alpha value is -2.24. The molecule has 82 valence electrons. The number of halogens is 1. The highest BCUT2D eigenvalue weighted by Crippen LogP contribution is 2.19. The molecule has 1 aromatic heterocycles. The summed E-state index contributed by atoms with van der Waals surface area (Å²) in [6, 6.07) is 3.13. The van der Waals surface area contributed by atoms with Crippen molar-refractivity contribution in [3.05, 3.63) is 29.6 Å². The number of rotatable bonds is 2. The lowest BCUT2D eigenvalue weighted by Crippen LogP contribution is -1.91. The predicted molar refractivity (Wildman–Crippen MR) is 55.1 cm³/mol. The zero-order valence-electron chi connectivity index (χ0n) is 8.38. The minimum Gasteiger partial charge on any atom is -0.478 e. The van der Waals surface area contributed by atoms with Crippen molar-refractivity contribution in [2.24, 2.45) is 7.05 Å². The molecule has 0 fully saturated rings. The fraction of sp³-hybridized carbons (Fsp3) is 0.100. The predicted octanol–water partition coefficient (Wildman–Crippen LogP) is 1.21. The highest BCUT2D eigenvalue weighted by Gasteiger charge is 2.10. The van der Waals surface area contributed by atoms with E-state index in [2.05, 4.69) is 10.3 Å². The van der Waals surface area contributed by atoms with Crippen LogP contribution in [0, 0.1) is 5.82 Å². The Morgan fingerprint density at radius 2 is 2.31 bits per heavy atom. The summed E-state index contributed by atoms with van der Waals surface area (Å²) >= 11 is 0. The lowest BCUT2D eigenvalue weighted by Gasteiger charge is -1.97. The summed E-state index contributed by atoms with van der Waals surface area (Å²) in [6.45, 7) is 0. The average molecular weight is 221 g/mol. The van der Waals surface area contributed by atoms with E-state index in [1.165, 1.54) is 16.8 Å². The van der Waals surface area contributed by atoms with E-state index in [1.807, 2.05) is 0 Å². The normalized spacial score (nSPS) is 11.4. The molecule has 0 saturated carbocycles. The van der Waals surface area contributed by atoms with Gasteiger partial charge in [-0.1, -0.05) is 5.21 Å². The lowest BCUT2D eigenvalue weighted by atomic mass is 10.1. The zero-order valence-corrected chi connectivity index (χ0v) is 8.38. The maximum Gasteiger partial charge on any atom is 0.328 e. The van der Waals surface area contributed by atoms with Gasteiger partial charge in [0.15, 0.2) is 5.82 Å². The van der Waals surface area contributed by atoms with E-state index in [0.717, 1.165) is 6.08 Å². The van der Waals surface area contributed by atoms with Crippen LogP contribution in [0.1, 0.15) is 5.56 Å². The highest BCUT2D eigenvalue weighted by molar-refractivity contribution is 5.87. The first kappa shape index (κ1) is 10.3. The standard InChI is InChI=1S/C10H8FN3O2/c1-14-7-4-2-6(3-5-8(15)16)9(11)10(7)12-13-14/h2-5H,1H3,(H,15,16)/b5-3+. The molecule has 0 aliphatic rings. The summed E-state index contributed by atoms with van der Waals surface area (Å²) in [5, 5.41) is 15.8. The van der Waals surface area contributed by atoms with Crippen LogP contribution in [0.15, 0.2) is 18.2 Å². The molecule has 0 spiro atoms. The monoisotopic (exact) mass is 221 g/mol. The summed E-state index contributed by atoms with van der Waals surface area (Å²) < 4.78 is 15.2. The van der Waals surface area contributed by atoms with Crippen LogP contribution >= 0.6 is 0 Å². The summed E-state index contributed by atoms with van der Waals surface area (Å²) in [5.74, 6) is -1.69. The number of hydrogen-bond donors (Lipinski definition) is 1. The van der Waals surface area contributed by atoms with Gasteiger partial charge < -0.3 is 5.11 Å². The van der Waals surface area contributed by atoms with Gasteiger partial charge in [-0.25, -0.2) is 13.9 Å². The number of hydrogen-bond acceptors (Lipinski definition) is 3. The van der Waals surface area contributed by atoms with Crippen LogP contribution in [-0.4, -0.2) is 26.1 Å². The molecule has 1 heterocycles. The van der Waals surface area contributed by atoms with E-state index >= 15 is 0 Å². The number of benzene rings is 1. The number of aryl methyl sites for hydroxylation is 1. The number of carboxylic acid groups (broad SMARTS) is 1. The molecule has 0 bridgehead atoms. The second kappa shape index (κ2) is 3.73. The number of nitrogens with zero attached hydrogens (tertiary/aromatic N) is 3.